The molecule has 0 spiro atoms. The van der Waals surface area contributed by atoms with E-state index in [-0.39, 0.29) is 0 Å². The fourth-order valence-corrected chi connectivity index (χ4v) is 2.45. The third-order valence-electron chi connectivity index (χ3n) is 3.10. The highest BCUT2D eigenvalue weighted by Gasteiger charge is 2.10. The topological polar surface area (TPSA) is 24.5 Å². The number of hydrazine groups is 1. The average molecular weight is 299 g/mol. The first-order valence-electron chi connectivity index (χ1n) is 6.10. The van der Waals surface area contributed by atoms with E-state index in [2.05, 4.69) is 32.4 Å². The van der Waals surface area contributed by atoms with Crippen molar-refractivity contribution in [2.24, 2.45) is 0 Å². The van der Waals surface area contributed by atoms with Crippen LogP contribution in [0.4, 0.5) is 0 Å². The van der Waals surface area contributed by atoms with Crippen LogP contribution in [0.5, 0.6) is 5.75 Å². The molecule has 17 heavy (non-hydrogen) atoms. The summed E-state index contributed by atoms with van der Waals surface area (Å²) in [6, 6.07) is 6.07. The maximum atomic E-state index is 5.24. The highest BCUT2D eigenvalue weighted by Crippen LogP contribution is 2.22. The minimum atomic E-state index is 0.845. The molecular formula is C13H19BrN2O. The molecule has 1 aliphatic heterocycles. The Balaban J connectivity index is 1.92. The second-order valence-corrected chi connectivity index (χ2v) is 5.19. The monoisotopic (exact) mass is 298 g/mol. The third kappa shape index (κ3) is 3.69. The predicted octanol–water partition coefficient (Wildman–Crippen LogP) is 2.95. The van der Waals surface area contributed by atoms with Gasteiger partial charge >= 0.3 is 0 Å². The van der Waals surface area contributed by atoms with Gasteiger partial charge in [0, 0.05) is 24.1 Å². The van der Waals surface area contributed by atoms with Crippen LogP contribution in [0, 0.1) is 0 Å². The number of nitrogens with one attached hydrogen (secondary N) is 1. The van der Waals surface area contributed by atoms with Crippen LogP contribution in [0.2, 0.25) is 0 Å². The normalized spacial score (nSPS) is 17.1. The van der Waals surface area contributed by atoms with Crippen LogP contribution >= 0.6 is 15.9 Å². The van der Waals surface area contributed by atoms with E-state index in [0.717, 1.165) is 29.9 Å². The largest absolute Gasteiger partial charge is 0.497 e. The van der Waals surface area contributed by atoms with Crippen LogP contribution < -0.4 is 10.2 Å². The lowest BCUT2D eigenvalue weighted by molar-refractivity contribution is 0.151. The molecule has 0 aliphatic carbocycles. The van der Waals surface area contributed by atoms with Gasteiger partial charge in [0.2, 0.25) is 0 Å². The standard InChI is InChI=1S/C13H19BrN2O/c1-17-12-5-6-13(14)11(9-12)10-15-16-7-3-2-4-8-16/h5-6,9,15H,2-4,7-8,10H2,1H3. The van der Waals surface area contributed by atoms with Gasteiger partial charge < -0.3 is 4.74 Å². The van der Waals surface area contributed by atoms with Crippen molar-refractivity contribution in [3.8, 4) is 5.75 Å². The average Bonchev–Trinajstić information content (AvgIpc) is 2.39. The van der Waals surface area contributed by atoms with E-state index in [1.165, 1.54) is 24.8 Å². The molecule has 4 heteroatoms. The molecule has 0 unspecified atom stereocenters. The minimum Gasteiger partial charge on any atom is -0.497 e. The third-order valence-corrected chi connectivity index (χ3v) is 3.88. The Bertz CT molecular complexity index is 364. The minimum absolute atomic E-state index is 0.845. The summed E-state index contributed by atoms with van der Waals surface area (Å²) in [7, 11) is 1.70. The highest BCUT2D eigenvalue weighted by atomic mass is 79.9. The summed E-state index contributed by atoms with van der Waals surface area (Å²) < 4.78 is 6.37. The van der Waals surface area contributed by atoms with Gasteiger partial charge in [-0.05, 0) is 36.6 Å². The van der Waals surface area contributed by atoms with Crippen molar-refractivity contribution in [1.29, 1.82) is 0 Å². The summed E-state index contributed by atoms with van der Waals surface area (Å²) in [6.45, 7) is 3.15. The second kappa shape index (κ2) is 6.38. The number of nitrogens with zero attached hydrogens (tertiary/aromatic N) is 1. The van der Waals surface area contributed by atoms with Crippen LogP contribution in [0.25, 0.3) is 0 Å². The molecule has 0 saturated carbocycles. The van der Waals surface area contributed by atoms with Gasteiger partial charge in [-0.15, -0.1) is 0 Å². The molecule has 1 aromatic carbocycles. The van der Waals surface area contributed by atoms with E-state index < -0.39 is 0 Å². The van der Waals surface area contributed by atoms with Gasteiger partial charge in [0.1, 0.15) is 5.75 Å². The van der Waals surface area contributed by atoms with E-state index in [4.69, 9.17) is 4.74 Å². The summed E-state index contributed by atoms with van der Waals surface area (Å²) in [6.07, 6.45) is 3.96. The fourth-order valence-electron chi connectivity index (χ4n) is 2.06. The maximum absolute atomic E-state index is 5.24. The Morgan fingerprint density at radius 2 is 2.06 bits per heavy atom. The van der Waals surface area contributed by atoms with E-state index in [1.807, 2.05) is 12.1 Å². The van der Waals surface area contributed by atoms with Gasteiger partial charge in [0.05, 0.1) is 7.11 Å². The van der Waals surface area contributed by atoms with Gasteiger partial charge in [-0.2, -0.15) is 0 Å². The lowest BCUT2D eigenvalue weighted by Crippen LogP contribution is -2.41. The van der Waals surface area contributed by atoms with Crippen molar-refractivity contribution in [3.63, 3.8) is 0 Å². The molecule has 0 atom stereocenters. The number of rotatable bonds is 4. The number of hydrogen-bond acceptors (Lipinski definition) is 3. The molecule has 1 N–H and O–H groups in total. The maximum Gasteiger partial charge on any atom is 0.119 e. The molecule has 1 aromatic rings. The van der Waals surface area contributed by atoms with Crippen molar-refractivity contribution < 1.29 is 4.74 Å². The zero-order chi connectivity index (χ0) is 12.1. The van der Waals surface area contributed by atoms with E-state index in [0.29, 0.717) is 0 Å². The van der Waals surface area contributed by atoms with Crippen LogP contribution in [0.1, 0.15) is 24.8 Å². The number of halogens is 1. The molecule has 0 aromatic heterocycles. The first kappa shape index (κ1) is 12.9. The molecule has 1 fully saturated rings. The lowest BCUT2D eigenvalue weighted by atomic mass is 10.2. The highest BCUT2D eigenvalue weighted by molar-refractivity contribution is 9.10. The summed E-state index contributed by atoms with van der Waals surface area (Å²) in [5.41, 5.74) is 4.71. The second-order valence-electron chi connectivity index (χ2n) is 4.34. The SMILES string of the molecule is COc1ccc(Br)c(CNN2CCCCC2)c1. The Labute approximate surface area is 111 Å². The number of ether oxygens (including phenoxy) is 1. The first-order valence-corrected chi connectivity index (χ1v) is 6.90. The van der Waals surface area contributed by atoms with Crippen LogP contribution in [-0.2, 0) is 6.54 Å². The summed E-state index contributed by atoms with van der Waals surface area (Å²) in [5, 5.41) is 2.31. The van der Waals surface area contributed by atoms with Crippen LogP contribution in [0.15, 0.2) is 22.7 Å². The zero-order valence-electron chi connectivity index (χ0n) is 10.2. The van der Waals surface area contributed by atoms with Gasteiger partial charge in [-0.1, -0.05) is 22.4 Å². The van der Waals surface area contributed by atoms with Crippen molar-refractivity contribution in [3.05, 3.63) is 28.2 Å². The molecule has 3 nitrogen and oxygen atoms in total. The number of methoxy groups -OCH3 is 1. The molecule has 0 amide bonds. The smallest absolute Gasteiger partial charge is 0.119 e. The van der Waals surface area contributed by atoms with Crippen molar-refractivity contribution in [2.45, 2.75) is 25.8 Å². The molecule has 1 aliphatic rings. The van der Waals surface area contributed by atoms with Gasteiger partial charge in [0.25, 0.3) is 0 Å². The van der Waals surface area contributed by atoms with Crippen molar-refractivity contribution in [1.82, 2.24) is 10.4 Å². The number of piperidine rings is 1. The fraction of sp³-hybridized carbons (Fsp3) is 0.538. The predicted molar refractivity (Wildman–Crippen MR) is 73.0 cm³/mol. The Kier molecular flexibility index (Phi) is 4.83. The lowest BCUT2D eigenvalue weighted by Gasteiger charge is -2.27. The molecule has 0 radical (unpaired) electrons. The summed E-state index contributed by atoms with van der Waals surface area (Å²) >= 11 is 3.57. The van der Waals surface area contributed by atoms with E-state index >= 15 is 0 Å². The molecule has 0 bridgehead atoms. The van der Waals surface area contributed by atoms with Gasteiger partial charge in [0.15, 0.2) is 0 Å². The molecule has 1 heterocycles. The van der Waals surface area contributed by atoms with Gasteiger partial charge in [-0.25, -0.2) is 5.01 Å². The molecule has 1 saturated heterocycles. The Morgan fingerprint density at radius 1 is 1.29 bits per heavy atom. The van der Waals surface area contributed by atoms with Gasteiger partial charge in [-0.3, -0.25) is 5.43 Å². The van der Waals surface area contributed by atoms with Crippen molar-refractivity contribution in [2.75, 3.05) is 20.2 Å². The number of hydrogen-bond donors (Lipinski definition) is 1. The molecular weight excluding hydrogens is 280 g/mol. The molecule has 94 valence electrons. The van der Waals surface area contributed by atoms with Crippen molar-refractivity contribution >= 4 is 15.9 Å². The van der Waals surface area contributed by atoms with E-state index in [1.54, 1.807) is 7.11 Å². The van der Waals surface area contributed by atoms with Crippen LogP contribution in [0.3, 0.4) is 0 Å². The van der Waals surface area contributed by atoms with Crippen LogP contribution in [-0.4, -0.2) is 25.2 Å². The summed E-state index contributed by atoms with van der Waals surface area (Å²) in [4.78, 5) is 0. The van der Waals surface area contributed by atoms with E-state index in [9.17, 15) is 0 Å². The zero-order valence-corrected chi connectivity index (χ0v) is 11.8. The number of benzene rings is 1. The quantitative estimate of drug-likeness (QED) is 0.925. The molecule has 2 rings (SSSR count). The first-order chi connectivity index (χ1) is 8.29. The Hall–Kier alpha value is -0.580. The summed E-state index contributed by atoms with van der Waals surface area (Å²) in [5.74, 6) is 0.906. The Morgan fingerprint density at radius 3 is 2.76 bits per heavy atom.